The Balaban J connectivity index is 2.18. The van der Waals surface area contributed by atoms with E-state index in [2.05, 4.69) is 29.1 Å². The minimum absolute atomic E-state index is 0.215. The molecule has 1 unspecified atom stereocenters. The van der Waals surface area contributed by atoms with E-state index < -0.39 is 5.92 Å². The second kappa shape index (κ2) is 8.70. The number of benzene rings is 1. The summed E-state index contributed by atoms with van der Waals surface area (Å²) >= 11 is 6.27. The number of halogens is 1. The topological polar surface area (TPSA) is 61.8 Å². The van der Waals surface area contributed by atoms with Crippen LogP contribution in [0.15, 0.2) is 28.8 Å². The summed E-state index contributed by atoms with van der Waals surface area (Å²) in [5.74, 6) is -0.379. The maximum absolute atomic E-state index is 12.8. The molecule has 0 aromatic heterocycles. The molecule has 2 rings (SSSR count). The Labute approximate surface area is 166 Å². The highest BCUT2D eigenvalue weighted by atomic mass is 35.5. The normalized spacial score (nSPS) is 16.9. The van der Waals surface area contributed by atoms with E-state index in [-0.39, 0.29) is 18.4 Å². The summed E-state index contributed by atoms with van der Waals surface area (Å²) in [6.07, 6.45) is 1.88. The lowest BCUT2D eigenvalue weighted by atomic mass is 9.95. The second-order valence-corrected chi connectivity index (χ2v) is 8.05. The first-order valence-electron chi connectivity index (χ1n) is 9.17. The van der Waals surface area contributed by atoms with E-state index in [1.807, 2.05) is 33.0 Å². The third-order valence-electron chi connectivity index (χ3n) is 4.68. The van der Waals surface area contributed by atoms with Gasteiger partial charge in [-0.1, -0.05) is 31.0 Å². The molecule has 27 heavy (non-hydrogen) atoms. The van der Waals surface area contributed by atoms with Crippen molar-refractivity contribution in [1.82, 2.24) is 5.32 Å². The smallest absolute Gasteiger partial charge is 0.254 e. The van der Waals surface area contributed by atoms with E-state index >= 15 is 0 Å². The molecule has 1 atom stereocenters. The van der Waals surface area contributed by atoms with Crippen molar-refractivity contribution in [2.75, 3.05) is 25.0 Å². The third-order valence-corrected chi connectivity index (χ3v) is 4.90. The summed E-state index contributed by atoms with van der Waals surface area (Å²) in [4.78, 5) is 31.0. The van der Waals surface area contributed by atoms with E-state index in [1.54, 1.807) is 13.0 Å². The van der Waals surface area contributed by atoms with E-state index in [0.29, 0.717) is 22.2 Å². The summed E-state index contributed by atoms with van der Waals surface area (Å²) < 4.78 is 0. The Morgan fingerprint density at radius 2 is 1.96 bits per heavy atom. The Morgan fingerprint density at radius 3 is 2.56 bits per heavy atom. The fourth-order valence-corrected chi connectivity index (χ4v) is 3.60. The quantitative estimate of drug-likeness (QED) is 0.798. The number of rotatable bonds is 6. The van der Waals surface area contributed by atoms with Gasteiger partial charge in [-0.15, -0.1) is 0 Å². The van der Waals surface area contributed by atoms with Gasteiger partial charge in [-0.25, -0.2) is 4.99 Å². The van der Waals surface area contributed by atoms with Crippen molar-refractivity contribution >= 4 is 34.8 Å². The van der Waals surface area contributed by atoms with Crippen LogP contribution < -0.4 is 10.2 Å². The van der Waals surface area contributed by atoms with Gasteiger partial charge in [0, 0.05) is 42.1 Å². The predicted molar refractivity (Wildman–Crippen MR) is 112 cm³/mol. The Hall–Kier alpha value is -2.14. The van der Waals surface area contributed by atoms with Gasteiger partial charge in [0.25, 0.3) is 11.8 Å². The van der Waals surface area contributed by atoms with Crippen molar-refractivity contribution in [2.45, 2.75) is 34.6 Å². The fraction of sp³-hybridized carbons (Fsp3) is 0.476. The molecular formula is C21H28ClN3O2. The molecule has 1 heterocycles. The van der Waals surface area contributed by atoms with E-state index in [1.165, 1.54) is 0 Å². The zero-order valence-corrected chi connectivity index (χ0v) is 17.6. The summed E-state index contributed by atoms with van der Waals surface area (Å²) in [5, 5.41) is 3.39. The van der Waals surface area contributed by atoms with Crippen LogP contribution in [0.4, 0.5) is 5.69 Å². The minimum atomic E-state index is -0.416. The molecule has 0 spiro atoms. The van der Waals surface area contributed by atoms with Gasteiger partial charge >= 0.3 is 0 Å². The van der Waals surface area contributed by atoms with E-state index in [0.717, 1.165) is 23.4 Å². The van der Waals surface area contributed by atoms with Crippen LogP contribution in [0.5, 0.6) is 0 Å². The van der Waals surface area contributed by atoms with Gasteiger partial charge in [0.1, 0.15) is 0 Å². The van der Waals surface area contributed by atoms with E-state index in [4.69, 9.17) is 11.6 Å². The van der Waals surface area contributed by atoms with Crippen LogP contribution in [0.3, 0.4) is 0 Å². The SMILES string of the molecule is CC1=CC(C)=NC(=O)C1CNC(=O)c1cc(Cl)cc(N(C)CC(C)C)c1C. The van der Waals surface area contributed by atoms with Crippen LogP contribution in [0.25, 0.3) is 0 Å². The minimum Gasteiger partial charge on any atom is -0.374 e. The van der Waals surface area contributed by atoms with Gasteiger partial charge in [-0.05, 0) is 50.5 Å². The van der Waals surface area contributed by atoms with Crippen LogP contribution in [0.2, 0.25) is 5.02 Å². The van der Waals surface area contributed by atoms with Crippen molar-refractivity contribution in [2.24, 2.45) is 16.8 Å². The second-order valence-electron chi connectivity index (χ2n) is 7.61. The van der Waals surface area contributed by atoms with Gasteiger partial charge in [0.15, 0.2) is 0 Å². The number of amides is 2. The molecule has 0 aliphatic carbocycles. The number of hydrogen-bond acceptors (Lipinski definition) is 3. The molecule has 146 valence electrons. The highest BCUT2D eigenvalue weighted by molar-refractivity contribution is 6.31. The summed E-state index contributed by atoms with van der Waals surface area (Å²) in [5.41, 5.74) is 3.94. The average molecular weight is 390 g/mol. The van der Waals surface area contributed by atoms with Crippen LogP contribution in [-0.4, -0.2) is 37.7 Å². The largest absolute Gasteiger partial charge is 0.374 e. The first-order chi connectivity index (χ1) is 12.6. The fourth-order valence-electron chi connectivity index (χ4n) is 3.39. The zero-order chi connectivity index (χ0) is 20.3. The number of anilines is 1. The lowest BCUT2D eigenvalue weighted by Crippen LogP contribution is -2.35. The summed E-state index contributed by atoms with van der Waals surface area (Å²) in [6, 6.07) is 3.55. The third kappa shape index (κ3) is 5.19. The molecule has 1 aliphatic rings. The van der Waals surface area contributed by atoms with Crippen molar-refractivity contribution in [3.05, 3.63) is 39.9 Å². The Bertz CT molecular complexity index is 812. The summed E-state index contributed by atoms with van der Waals surface area (Å²) in [7, 11) is 2.00. The molecule has 6 heteroatoms. The number of carbonyl (C=O) groups excluding carboxylic acids is 2. The first-order valence-corrected chi connectivity index (χ1v) is 9.54. The molecule has 0 saturated carbocycles. The number of hydrogen-bond donors (Lipinski definition) is 1. The molecular weight excluding hydrogens is 362 g/mol. The molecule has 1 aromatic rings. The van der Waals surface area contributed by atoms with Gasteiger partial charge in [-0.3, -0.25) is 9.59 Å². The van der Waals surface area contributed by atoms with Crippen molar-refractivity contribution in [3.63, 3.8) is 0 Å². The number of allylic oxidation sites excluding steroid dienone is 1. The number of carbonyl (C=O) groups is 2. The van der Waals surface area contributed by atoms with Crippen molar-refractivity contribution in [1.29, 1.82) is 0 Å². The predicted octanol–water partition coefficient (Wildman–Crippen LogP) is 4.03. The lowest BCUT2D eigenvalue weighted by molar-refractivity contribution is -0.120. The van der Waals surface area contributed by atoms with Gasteiger partial charge in [-0.2, -0.15) is 0 Å². The number of dihydropyridines is 1. The Kier molecular flexibility index (Phi) is 6.82. The first kappa shape index (κ1) is 21.2. The van der Waals surface area contributed by atoms with Crippen LogP contribution >= 0.6 is 11.6 Å². The van der Waals surface area contributed by atoms with Crippen LogP contribution in [0, 0.1) is 18.8 Å². The molecule has 1 aliphatic heterocycles. The highest BCUT2D eigenvalue weighted by Crippen LogP contribution is 2.28. The van der Waals surface area contributed by atoms with Gasteiger partial charge in [0.05, 0.1) is 5.92 Å². The highest BCUT2D eigenvalue weighted by Gasteiger charge is 2.25. The number of nitrogens with one attached hydrogen (secondary N) is 1. The number of aliphatic imine (C=N–C) groups is 1. The monoisotopic (exact) mass is 389 g/mol. The number of nitrogens with zero attached hydrogens (tertiary/aromatic N) is 2. The average Bonchev–Trinajstić information content (AvgIpc) is 2.54. The molecule has 0 fully saturated rings. The standard InChI is InChI=1S/C21H28ClN3O2/c1-12(2)11-25(6)19-9-16(22)8-17(15(19)5)20(26)23-10-18-13(3)7-14(4)24-21(18)27/h7-9,12,18H,10-11H2,1-6H3,(H,23,26). The van der Waals surface area contributed by atoms with Crippen molar-refractivity contribution < 1.29 is 9.59 Å². The maximum Gasteiger partial charge on any atom is 0.254 e. The lowest BCUT2D eigenvalue weighted by Gasteiger charge is -2.25. The Morgan fingerprint density at radius 1 is 1.30 bits per heavy atom. The van der Waals surface area contributed by atoms with Gasteiger partial charge < -0.3 is 10.2 Å². The maximum atomic E-state index is 12.8. The molecule has 5 nitrogen and oxygen atoms in total. The molecule has 0 radical (unpaired) electrons. The van der Waals surface area contributed by atoms with Crippen LogP contribution in [-0.2, 0) is 4.79 Å². The molecule has 1 N–H and O–H groups in total. The molecule has 2 amide bonds. The van der Waals surface area contributed by atoms with Gasteiger partial charge in [0.2, 0.25) is 0 Å². The zero-order valence-electron chi connectivity index (χ0n) is 16.9. The van der Waals surface area contributed by atoms with Crippen LogP contribution in [0.1, 0.15) is 43.6 Å². The molecule has 0 saturated heterocycles. The molecule has 1 aromatic carbocycles. The summed E-state index contributed by atoms with van der Waals surface area (Å²) in [6.45, 7) is 11.0. The van der Waals surface area contributed by atoms with Crippen molar-refractivity contribution in [3.8, 4) is 0 Å². The molecule has 0 bridgehead atoms. The van der Waals surface area contributed by atoms with E-state index in [9.17, 15) is 9.59 Å².